The van der Waals surface area contributed by atoms with Crippen molar-refractivity contribution in [2.45, 2.75) is 0 Å². The van der Waals surface area contributed by atoms with E-state index in [0.717, 1.165) is 16.6 Å². The van der Waals surface area contributed by atoms with E-state index in [1.807, 2.05) is 6.07 Å². The molecule has 0 bridgehead atoms. The van der Waals surface area contributed by atoms with Crippen molar-refractivity contribution < 1.29 is 0 Å². The number of H-pyrrole nitrogens is 1. The maximum absolute atomic E-state index is 4.22. The molecule has 72 valence electrons. The van der Waals surface area contributed by atoms with Gasteiger partial charge >= 0.3 is 0 Å². The lowest BCUT2D eigenvalue weighted by atomic mass is 10.2. The number of fused-ring (bicyclic) bond motifs is 1. The number of nitrogens with one attached hydrogen (secondary N) is 1. The van der Waals surface area contributed by atoms with Crippen molar-refractivity contribution in [2.75, 3.05) is 0 Å². The molecule has 5 nitrogen and oxygen atoms in total. The number of aromatic amines is 1. The lowest BCUT2D eigenvalue weighted by Gasteiger charge is -1.97. The summed E-state index contributed by atoms with van der Waals surface area (Å²) in [6.45, 7) is 0. The van der Waals surface area contributed by atoms with Crippen LogP contribution < -0.4 is 0 Å². The molecule has 0 aliphatic rings. The Bertz CT molecular complexity index is 587. The van der Waals surface area contributed by atoms with Gasteiger partial charge < -0.3 is 0 Å². The Hall–Kier alpha value is -2.30. The van der Waals surface area contributed by atoms with Crippen molar-refractivity contribution in [3.05, 3.63) is 36.9 Å². The van der Waals surface area contributed by atoms with Gasteiger partial charge in [-0.25, -0.2) is 15.0 Å². The average Bonchev–Trinajstić information content (AvgIpc) is 2.77. The Morgan fingerprint density at radius 1 is 1.00 bits per heavy atom. The molecule has 0 saturated heterocycles. The first kappa shape index (κ1) is 8.05. The van der Waals surface area contributed by atoms with Crippen LogP contribution in [-0.4, -0.2) is 25.1 Å². The second-order valence-corrected chi connectivity index (χ2v) is 3.10. The zero-order valence-corrected chi connectivity index (χ0v) is 7.75. The summed E-state index contributed by atoms with van der Waals surface area (Å²) >= 11 is 0. The van der Waals surface area contributed by atoms with E-state index in [1.54, 1.807) is 30.9 Å². The maximum atomic E-state index is 4.22. The van der Waals surface area contributed by atoms with E-state index in [2.05, 4.69) is 25.1 Å². The molecule has 0 saturated carbocycles. The molecule has 0 aliphatic heterocycles. The normalized spacial score (nSPS) is 10.7. The first-order chi connectivity index (χ1) is 7.43. The number of aromatic nitrogens is 5. The smallest absolute Gasteiger partial charge is 0.160 e. The summed E-state index contributed by atoms with van der Waals surface area (Å²) in [6.07, 6.45) is 6.88. The van der Waals surface area contributed by atoms with Gasteiger partial charge in [-0.3, -0.25) is 5.10 Å². The van der Waals surface area contributed by atoms with Crippen molar-refractivity contribution in [3.8, 4) is 11.4 Å². The number of nitrogens with zero attached hydrogens (tertiary/aromatic N) is 4. The third kappa shape index (κ3) is 1.34. The second-order valence-electron chi connectivity index (χ2n) is 3.10. The van der Waals surface area contributed by atoms with Gasteiger partial charge in [-0.2, -0.15) is 5.10 Å². The van der Waals surface area contributed by atoms with Crippen LogP contribution in [0.2, 0.25) is 0 Å². The van der Waals surface area contributed by atoms with Gasteiger partial charge in [0.2, 0.25) is 0 Å². The Morgan fingerprint density at radius 2 is 1.87 bits per heavy atom. The van der Waals surface area contributed by atoms with Crippen LogP contribution in [0, 0.1) is 0 Å². The molecule has 0 spiro atoms. The summed E-state index contributed by atoms with van der Waals surface area (Å²) in [5.74, 6) is 0.674. The van der Waals surface area contributed by atoms with Crippen molar-refractivity contribution in [1.82, 2.24) is 25.1 Å². The van der Waals surface area contributed by atoms with E-state index < -0.39 is 0 Å². The van der Waals surface area contributed by atoms with Crippen LogP contribution in [0.5, 0.6) is 0 Å². The highest BCUT2D eigenvalue weighted by Crippen LogP contribution is 2.17. The van der Waals surface area contributed by atoms with Gasteiger partial charge in [0, 0.05) is 29.5 Å². The maximum Gasteiger partial charge on any atom is 0.160 e. The summed E-state index contributed by atoms with van der Waals surface area (Å²) in [5.41, 5.74) is 1.67. The molecule has 0 aromatic carbocycles. The largest absolute Gasteiger partial charge is 0.261 e. The molecule has 3 rings (SSSR count). The van der Waals surface area contributed by atoms with Crippen molar-refractivity contribution in [1.29, 1.82) is 0 Å². The highest BCUT2D eigenvalue weighted by molar-refractivity contribution is 5.78. The van der Waals surface area contributed by atoms with E-state index >= 15 is 0 Å². The Balaban J connectivity index is 2.19. The SMILES string of the molecule is c1cnc(-c2cnc3[nH]ncc3c2)nc1. The second kappa shape index (κ2) is 3.13. The van der Waals surface area contributed by atoms with Crippen LogP contribution in [0.15, 0.2) is 36.9 Å². The lowest BCUT2D eigenvalue weighted by molar-refractivity contribution is 1.10. The van der Waals surface area contributed by atoms with Crippen LogP contribution in [-0.2, 0) is 0 Å². The van der Waals surface area contributed by atoms with Crippen LogP contribution in [0.3, 0.4) is 0 Å². The monoisotopic (exact) mass is 197 g/mol. The van der Waals surface area contributed by atoms with Crippen LogP contribution >= 0.6 is 0 Å². The van der Waals surface area contributed by atoms with Gasteiger partial charge in [-0.15, -0.1) is 0 Å². The van der Waals surface area contributed by atoms with Crippen molar-refractivity contribution in [2.24, 2.45) is 0 Å². The lowest BCUT2D eigenvalue weighted by Crippen LogP contribution is -1.87. The van der Waals surface area contributed by atoms with Gasteiger partial charge in [-0.1, -0.05) is 0 Å². The van der Waals surface area contributed by atoms with Crippen LogP contribution in [0.4, 0.5) is 0 Å². The number of hydrogen-bond donors (Lipinski definition) is 1. The molecule has 0 radical (unpaired) electrons. The van der Waals surface area contributed by atoms with Crippen LogP contribution in [0.25, 0.3) is 22.4 Å². The van der Waals surface area contributed by atoms with E-state index in [0.29, 0.717) is 5.82 Å². The minimum absolute atomic E-state index is 0.674. The molecule has 0 unspecified atom stereocenters. The number of pyridine rings is 1. The molecule has 3 aromatic heterocycles. The summed E-state index contributed by atoms with van der Waals surface area (Å²) in [5, 5.41) is 7.66. The zero-order chi connectivity index (χ0) is 10.1. The fourth-order valence-corrected chi connectivity index (χ4v) is 1.41. The minimum atomic E-state index is 0.674. The van der Waals surface area contributed by atoms with Crippen molar-refractivity contribution in [3.63, 3.8) is 0 Å². The molecular weight excluding hydrogens is 190 g/mol. The van der Waals surface area contributed by atoms with E-state index in [-0.39, 0.29) is 0 Å². The third-order valence-electron chi connectivity index (χ3n) is 2.12. The molecule has 15 heavy (non-hydrogen) atoms. The molecule has 5 heteroatoms. The third-order valence-corrected chi connectivity index (χ3v) is 2.12. The van der Waals surface area contributed by atoms with Gasteiger partial charge in [0.05, 0.1) is 6.20 Å². The molecule has 1 N–H and O–H groups in total. The molecular formula is C10H7N5. The first-order valence-corrected chi connectivity index (χ1v) is 4.50. The molecule has 3 heterocycles. The summed E-state index contributed by atoms with van der Waals surface area (Å²) in [6, 6.07) is 3.74. The quantitative estimate of drug-likeness (QED) is 0.640. The fourth-order valence-electron chi connectivity index (χ4n) is 1.41. The van der Waals surface area contributed by atoms with Crippen LogP contribution in [0.1, 0.15) is 0 Å². The van der Waals surface area contributed by atoms with E-state index in [1.165, 1.54) is 0 Å². The predicted octanol–water partition coefficient (Wildman–Crippen LogP) is 1.41. The molecule has 3 aromatic rings. The Morgan fingerprint density at radius 3 is 2.73 bits per heavy atom. The highest BCUT2D eigenvalue weighted by Gasteiger charge is 2.03. The fraction of sp³-hybridized carbons (Fsp3) is 0. The zero-order valence-electron chi connectivity index (χ0n) is 7.75. The Labute approximate surface area is 85.2 Å². The topological polar surface area (TPSA) is 67.3 Å². The average molecular weight is 197 g/mol. The van der Waals surface area contributed by atoms with Gasteiger partial charge in [0.15, 0.2) is 11.5 Å². The molecule has 0 aliphatic carbocycles. The molecule has 0 fully saturated rings. The summed E-state index contributed by atoms with van der Waals surface area (Å²) in [7, 11) is 0. The predicted molar refractivity (Wildman–Crippen MR) is 54.9 cm³/mol. The summed E-state index contributed by atoms with van der Waals surface area (Å²) in [4.78, 5) is 12.5. The minimum Gasteiger partial charge on any atom is -0.261 e. The standard InChI is InChI=1S/C10H7N5/c1-2-11-9(12-3-1)7-4-8-6-14-15-10(8)13-5-7/h1-6H,(H,13,14,15). The molecule has 0 amide bonds. The van der Waals surface area contributed by atoms with Gasteiger partial charge in [0.25, 0.3) is 0 Å². The van der Waals surface area contributed by atoms with E-state index in [9.17, 15) is 0 Å². The van der Waals surface area contributed by atoms with Gasteiger partial charge in [0.1, 0.15) is 0 Å². The molecule has 0 atom stereocenters. The number of rotatable bonds is 1. The van der Waals surface area contributed by atoms with E-state index in [4.69, 9.17) is 0 Å². The highest BCUT2D eigenvalue weighted by atomic mass is 15.1. The first-order valence-electron chi connectivity index (χ1n) is 4.50. The summed E-state index contributed by atoms with van der Waals surface area (Å²) < 4.78 is 0. The Kier molecular flexibility index (Phi) is 1.68. The van der Waals surface area contributed by atoms with Crippen molar-refractivity contribution >= 4 is 11.0 Å². The van der Waals surface area contributed by atoms with Gasteiger partial charge in [-0.05, 0) is 12.1 Å². The number of hydrogen-bond acceptors (Lipinski definition) is 4.